The van der Waals surface area contributed by atoms with Gasteiger partial charge in [0.15, 0.2) is 5.13 Å². The lowest BCUT2D eigenvalue weighted by molar-refractivity contribution is 0.122. The molecule has 0 bridgehead atoms. The van der Waals surface area contributed by atoms with Crippen molar-refractivity contribution in [3.05, 3.63) is 35.2 Å². The third kappa shape index (κ3) is 3.90. The van der Waals surface area contributed by atoms with Gasteiger partial charge in [0, 0.05) is 18.7 Å². The van der Waals surface area contributed by atoms with Crippen LogP contribution < -0.4 is 10.3 Å². The fourth-order valence-corrected chi connectivity index (χ4v) is 3.30. The molecule has 0 atom stereocenters. The fourth-order valence-electron chi connectivity index (χ4n) is 2.29. The van der Waals surface area contributed by atoms with Crippen molar-refractivity contribution in [2.24, 2.45) is 5.10 Å². The number of anilines is 1. The Labute approximate surface area is 143 Å². The van der Waals surface area contributed by atoms with Gasteiger partial charge in [-0.2, -0.15) is 5.10 Å². The number of hydrogen-bond donors (Lipinski definition) is 1. The molecule has 126 valence electrons. The maximum absolute atomic E-state index is 11.1. The van der Waals surface area contributed by atoms with E-state index in [-0.39, 0.29) is 0 Å². The number of methoxy groups -OCH3 is 1. The van der Waals surface area contributed by atoms with E-state index in [1.54, 1.807) is 6.21 Å². The Balaban J connectivity index is 1.89. The predicted molar refractivity (Wildman–Crippen MR) is 93.7 cm³/mol. The van der Waals surface area contributed by atoms with Gasteiger partial charge in [0.25, 0.3) is 0 Å². The topological polar surface area (TPSA) is 76.0 Å². The lowest BCUT2D eigenvalue weighted by Crippen LogP contribution is -2.36. The van der Waals surface area contributed by atoms with Crippen LogP contribution in [0.4, 0.5) is 9.93 Å². The summed E-state index contributed by atoms with van der Waals surface area (Å²) >= 11 is 1.54. The number of nitrogens with one attached hydrogen (secondary N) is 1. The molecule has 1 fully saturated rings. The van der Waals surface area contributed by atoms with E-state index in [2.05, 4.69) is 20.2 Å². The van der Waals surface area contributed by atoms with E-state index in [1.165, 1.54) is 18.4 Å². The monoisotopic (exact) mass is 346 g/mol. The lowest BCUT2D eigenvalue weighted by atomic mass is 10.1. The average molecular weight is 346 g/mol. The third-order valence-corrected chi connectivity index (χ3v) is 4.54. The van der Waals surface area contributed by atoms with Crippen LogP contribution in [0, 0.1) is 0 Å². The molecule has 0 unspecified atom stereocenters. The standard InChI is InChI=1S/C16H18N4O3S/c1-22-16(21)19-17-11-13-14(12-5-3-2-4-6-12)18-15(24-13)20-7-9-23-10-8-20/h2-6,11H,7-10H2,1H3,(H,19,21)/b17-11+. The largest absolute Gasteiger partial charge is 0.452 e. The van der Waals surface area contributed by atoms with E-state index < -0.39 is 6.09 Å². The van der Waals surface area contributed by atoms with Gasteiger partial charge in [-0.25, -0.2) is 15.2 Å². The number of hydrogen-bond acceptors (Lipinski definition) is 7. The second kappa shape index (κ2) is 7.89. The summed E-state index contributed by atoms with van der Waals surface area (Å²) in [6.45, 7) is 3.04. The number of rotatable bonds is 4. The Morgan fingerprint density at radius 3 is 2.83 bits per heavy atom. The number of thiazole rings is 1. The van der Waals surface area contributed by atoms with Gasteiger partial charge in [-0.15, -0.1) is 0 Å². The molecule has 1 saturated heterocycles. The first kappa shape index (κ1) is 16.4. The molecule has 7 nitrogen and oxygen atoms in total. The summed E-state index contributed by atoms with van der Waals surface area (Å²) in [5.41, 5.74) is 4.15. The van der Waals surface area contributed by atoms with Crippen molar-refractivity contribution in [1.82, 2.24) is 10.4 Å². The number of nitrogens with zero attached hydrogens (tertiary/aromatic N) is 3. The smallest absolute Gasteiger partial charge is 0.427 e. The molecular weight excluding hydrogens is 328 g/mol. The van der Waals surface area contributed by atoms with Crippen molar-refractivity contribution >= 4 is 28.8 Å². The molecule has 1 aromatic carbocycles. The molecule has 3 rings (SSSR count). The molecule has 2 aromatic rings. The molecule has 0 aliphatic carbocycles. The van der Waals surface area contributed by atoms with E-state index in [9.17, 15) is 4.79 Å². The Morgan fingerprint density at radius 1 is 1.38 bits per heavy atom. The first-order chi connectivity index (χ1) is 11.8. The lowest BCUT2D eigenvalue weighted by Gasteiger charge is -2.26. The van der Waals surface area contributed by atoms with Gasteiger partial charge in [-0.1, -0.05) is 41.7 Å². The Kier molecular flexibility index (Phi) is 5.39. The Bertz CT molecular complexity index is 711. The van der Waals surface area contributed by atoms with E-state index in [0.29, 0.717) is 13.2 Å². The predicted octanol–water partition coefficient (Wildman–Crippen LogP) is 2.34. The minimum atomic E-state index is -0.606. The van der Waals surface area contributed by atoms with Crippen LogP contribution in [0.2, 0.25) is 0 Å². The highest BCUT2D eigenvalue weighted by Crippen LogP contribution is 2.32. The highest BCUT2D eigenvalue weighted by atomic mass is 32.1. The van der Waals surface area contributed by atoms with Gasteiger partial charge in [-0.3, -0.25) is 0 Å². The number of hydrazone groups is 1. The number of aromatic nitrogens is 1. The highest BCUT2D eigenvalue weighted by molar-refractivity contribution is 7.17. The zero-order valence-corrected chi connectivity index (χ0v) is 14.1. The second-order valence-electron chi connectivity index (χ2n) is 5.04. The van der Waals surface area contributed by atoms with Gasteiger partial charge >= 0.3 is 6.09 Å². The van der Waals surface area contributed by atoms with Crippen LogP contribution in [0.15, 0.2) is 35.4 Å². The molecule has 1 N–H and O–H groups in total. The number of ether oxygens (including phenoxy) is 2. The Hall–Kier alpha value is -2.45. The normalized spacial score (nSPS) is 14.8. The number of carbonyl (C=O) groups is 1. The number of morpholine rings is 1. The summed E-state index contributed by atoms with van der Waals surface area (Å²) in [6, 6.07) is 9.91. The van der Waals surface area contributed by atoms with Crippen LogP contribution in [-0.4, -0.2) is 50.7 Å². The van der Waals surface area contributed by atoms with Crippen molar-refractivity contribution in [2.75, 3.05) is 38.3 Å². The van der Waals surface area contributed by atoms with Crippen molar-refractivity contribution in [3.63, 3.8) is 0 Å². The van der Waals surface area contributed by atoms with Gasteiger partial charge in [0.2, 0.25) is 0 Å². The first-order valence-electron chi connectivity index (χ1n) is 7.54. The van der Waals surface area contributed by atoms with E-state index in [4.69, 9.17) is 9.72 Å². The van der Waals surface area contributed by atoms with E-state index >= 15 is 0 Å². The van der Waals surface area contributed by atoms with Crippen LogP contribution in [0.1, 0.15) is 4.88 Å². The number of benzene rings is 1. The number of carbonyl (C=O) groups excluding carboxylic acids is 1. The quantitative estimate of drug-likeness (QED) is 0.679. The molecule has 1 aliphatic rings. The summed E-state index contributed by atoms with van der Waals surface area (Å²) in [6.07, 6.45) is 0.992. The zero-order valence-electron chi connectivity index (χ0n) is 13.3. The van der Waals surface area contributed by atoms with E-state index in [1.807, 2.05) is 30.3 Å². The molecule has 8 heteroatoms. The van der Waals surface area contributed by atoms with Crippen molar-refractivity contribution in [1.29, 1.82) is 0 Å². The molecule has 0 radical (unpaired) electrons. The van der Waals surface area contributed by atoms with Crippen LogP contribution in [0.25, 0.3) is 11.3 Å². The maximum atomic E-state index is 11.1. The molecule has 0 spiro atoms. The summed E-state index contributed by atoms with van der Waals surface area (Å²) in [5, 5.41) is 4.86. The first-order valence-corrected chi connectivity index (χ1v) is 8.35. The van der Waals surface area contributed by atoms with Gasteiger partial charge < -0.3 is 14.4 Å². The second-order valence-corrected chi connectivity index (χ2v) is 6.05. The fraction of sp³-hybridized carbons (Fsp3) is 0.312. The Morgan fingerprint density at radius 2 is 2.12 bits per heavy atom. The van der Waals surface area contributed by atoms with Crippen molar-refractivity contribution < 1.29 is 14.3 Å². The van der Waals surface area contributed by atoms with Crippen molar-refractivity contribution in [2.45, 2.75) is 0 Å². The van der Waals surface area contributed by atoms with Crippen LogP contribution in [0.5, 0.6) is 0 Å². The summed E-state index contributed by atoms with van der Waals surface area (Å²) in [7, 11) is 1.30. The van der Waals surface area contributed by atoms with Gasteiger partial charge in [0.1, 0.15) is 0 Å². The maximum Gasteiger partial charge on any atom is 0.427 e. The average Bonchev–Trinajstić information content (AvgIpc) is 3.07. The molecule has 1 amide bonds. The number of amides is 1. The minimum absolute atomic E-state index is 0.606. The third-order valence-electron chi connectivity index (χ3n) is 3.49. The minimum Gasteiger partial charge on any atom is -0.452 e. The molecule has 1 aliphatic heterocycles. The zero-order chi connectivity index (χ0) is 16.8. The van der Waals surface area contributed by atoms with Crippen LogP contribution >= 0.6 is 11.3 Å². The summed E-state index contributed by atoms with van der Waals surface area (Å²) in [4.78, 5) is 19.0. The summed E-state index contributed by atoms with van der Waals surface area (Å²) in [5.74, 6) is 0. The van der Waals surface area contributed by atoms with Crippen LogP contribution in [-0.2, 0) is 9.47 Å². The van der Waals surface area contributed by atoms with Crippen LogP contribution in [0.3, 0.4) is 0 Å². The molecule has 1 aromatic heterocycles. The molecule has 0 saturated carbocycles. The highest BCUT2D eigenvalue weighted by Gasteiger charge is 2.18. The molecular formula is C16H18N4O3S. The van der Waals surface area contributed by atoms with Crippen molar-refractivity contribution in [3.8, 4) is 11.3 Å². The van der Waals surface area contributed by atoms with E-state index in [0.717, 1.165) is 34.4 Å². The summed E-state index contributed by atoms with van der Waals surface area (Å²) < 4.78 is 9.90. The molecule has 2 heterocycles. The SMILES string of the molecule is COC(=O)N/N=C/c1sc(N2CCOCC2)nc1-c1ccccc1. The molecule has 24 heavy (non-hydrogen) atoms. The van der Waals surface area contributed by atoms with Gasteiger partial charge in [-0.05, 0) is 0 Å². The van der Waals surface area contributed by atoms with Gasteiger partial charge in [0.05, 0.1) is 37.1 Å².